The molecule has 0 aliphatic heterocycles. The first-order valence-corrected chi connectivity index (χ1v) is 10.3. The lowest BCUT2D eigenvalue weighted by molar-refractivity contribution is 0.532. The Bertz CT molecular complexity index is 1530. The second-order valence-electron chi connectivity index (χ2n) is 7.32. The number of aromatic amines is 1. The predicted octanol–water partition coefficient (Wildman–Crippen LogP) is 3.27. The number of benzene rings is 1. The highest BCUT2D eigenvalue weighted by molar-refractivity contribution is 6.35. The fourth-order valence-corrected chi connectivity index (χ4v) is 3.93. The van der Waals surface area contributed by atoms with Gasteiger partial charge in [0.25, 0.3) is 11.4 Å². The topological polar surface area (TPSA) is 153 Å². The van der Waals surface area contributed by atoms with E-state index in [-0.39, 0.29) is 17.3 Å². The van der Waals surface area contributed by atoms with Crippen molar-refractivity contribution in [3.8, 4) is 17.3 Å². The first kappa shape index (κ1) is 20.6. The van der Waals surface area contributed by atoms with Crippen LogP contribution in [0.3, 0.4) is 0 Å². The lowest BCUT2D eigenvalue weighted by atomic mass is 10.1. The van der Waals surface area contributed by atoms with Crippen LogP contribution in [0, 0.1) is 6.92 Å². The molecule has 1 atom stereocenters. The number of anilines is 2. The van der Waals surface area contributed by atoms with Crippen LogP contribution in [0.15, 0.2) is 52.1 Å². The van der Waals surface area contributed by atoms with E-state index in [9.17, 15) is 4.79 Å². The Balaban J connectivity index is 1.66. The van der Waals surface area contributed by atoms with Crippen LogP contribution in [0.5, 0.6) is 0 Å². The zero-order valence-electron chi connectivity index (χ0n) is 17.6. The molecule has 0 bridgehead atoms. The molecule has 4 aromatic heterocycles. The van der Waals surface area contributed by atoms with Gasteiger partial charge < -0.3 is 15.5 Å². The largest absolute Gasteiger partial charge is 0.421 e. The third-order valence-electron chi connectivity index (χ3n) is 5.15. The molecule has 4 heterocycles. The Morgan fingerprint density at radius 2 is 2.09 bits per heavy atom. The van der Waals surface area contributed by atoms with Crippen molar-refractivity contribution in [1.82, 2.24) is 34.9 Å². The van der Waals surface area contributed by atoms with Gasteiger partial charge in [-0.15, -0.1) is 10.2 Å². The zero-order chi connectivity index (χ0) is 23.1. The second-order valence-corrected chi connectivity index (χ2v) is 7.73. The Labute approximate surface area is 191 Å². The average Bonchev–Trinajstić information content (AvgIpc) is 3.45. The molecule has 0 spiro atoms. The highest BCUT2D eigenvalue weighted by Gasteiger charge is 2.23. The summed E-state index contributed by atoms with van der Waals surface area (Å²) >= 11 is 6.35. The van der Waals surface area contributed by atoms with Gasteiger partial charge in [-0.2, -0.15) is 5.10 Å². The molecule has 5 rings (SSSR count). The molecule has 0 aliphatic rings. The molecule has 0 amide bonds. The van der Waals surface area contributed by atoms with E-state index in [2.05, 4.69) is 35.7 Å². The van der Waals surface area contributed by atoms with Gasteiger partial charge in [0.15, 0.2) is 5.82 Å². The molecule has 11 nitrogen and oxygen atoms in total. The van der Waals surface area contributed by atoms with E-state index in [1.54, 1.807) is 31.3 Å². The lowest BCUT2D eigenvalue weighted by Gasteiger charge is -2.21. The van der Waals surface area contributed by atoms with Gasteiger partial charge in [0, 0.05) is 19.2 Å². The summed E-state index contributed by atoms with van der Waals surface area (Å²) in [5.41, 5.74) is 6.82. The fraction of sp³-hybridized carbons (Fsp3) is 0.143. The molecule has 12 heteroatoms. The molecule has 0 radical (unpaired) electrons. The number of nitrogens with zero attached hydrogens (tertiary/aromatic N) is 6. The summed E-state index contributed by atoms with van der Waals surface area (Å²) in [4.78, 5) is 21.9. The van der Waals surface area contributed by atoms with Crippen LogP contribution < -0.4 is 16.6 Å². The van der Waals surface area contributed by atoms with Crippen molar-refractivity contribution in [2.24, 2.45) is 0 Å². The normalized spacial score (nSPS) is 12.2. The van der Waals surface area contributed by atoms with Crippen LogP contribution >= 0.6 is 11.6 Å². The standard InChI is InChI=1S/C21H18ClN9O2/c1-10(27-19-17(18(23)24-9-25-19)20-30-28-11(2)33-20)14-8-12-4-3-5-13(22)16(12)21(32)31(14)15-6-7-26-29-15/h3-10H,1-2H3,(H,26,29)(H3,23,24,25,27)/t10-/m0/s1. The molecule has 0 saturated carbocycles. The Hall–Kier alpha value is -4.25. The van der Waals surface area contributed by atoms with Crippen LogP contribution in [0.2, 0.25) is 5.02 Å². The fourth-order valence-electron chi connectivity index (χ4n) is 3.67. The number of H-pyrrole nitrogens is 1. The maximum Gasteiger partial charge on any atom is 0.266 e. The summed E-state index contributed by atoms with van der Waals surface area (Å²) in [6.07, 6.45) is 2.97. The number of nitrogens with one attached hydrogen (secondary N) is 2. The summed E-state index contributed by atoms with van der Waals surface area (Å²) in [5, 5.41) is 19.6. The second kappa shape index (κ2) is 8.02. The minimum atomic E-state index is -0.421. The SMILES string of the molecule is Cc1nnc(-c2c(N)ncnc2N[C@@H](C)c2cc3cccc(Cl)c3c(=O)n2-c2cc[nH]n2)o1. The van der Waals surface area contributed by atoms with E-state index in [4.69, 9.17) is 21.8 Å². The van der Waals surface area contributed by atoms with Crippen molar-refractivity contribution in [3.05, 3.63) is 69.8 Å². The number of nitrogen functional groups attached to an aromatic ring is 1. The summed E-state index contributed by atoms with van der Waals surface area (Å²) < 4.78 is 7.05. The van der Waals surface area contributed by atoms with Gasteiger partial charge in [0.05, 0.1) is 22.1 Å². The summed E-state index contributed by atoms with van der Waals surface area (Å²) in [6.45, 7) is 3.56. The quantitative estimate of drug-likeness (QED) is 0.356. The first-order valence-electron chi connectivity index (χ1n) is 9.96. The lowest BCUT2D eigenvalue weighted by Crippen LogP contribution is -2.26. The van der Waals surface area contributed by atoms with Crippen LogP contribution in [0.4, 0.5) is 11.6 Å². The highest BCUT2D eigenvalue weighted by atomic mass is 35.5. The van der Waals surface area contributed by atoms with Crippen molar-refractivity contribution >= 4 is 34.0 Å². The first-order chi connectivity index (χ1) is 15.9. The molecular weight excluding hydrogens is 446 g/mol. The number of fused-ring (bicyclic) bond motifs is 1. The third kappa shape index (κ3) is 3.57. The number of pyridine rings is 1. The number of aromatic nitrogens is 7. The summed E-state index contributed by atoms with van der Waals surface area (Å²) in [6, 6.07) is 8.49. The van der Waals surface area contributed by atoms with Crippen molar-refractivity contribution < 1.29 is 4.42 Å². The van der Waals surface area contributed by atoms with Crippen LogP contribution in [0.1, 0.15) is 24.6 Å². The van der Waals surface area contributed by atoms with Crippen molar-refractivity contribution in [3.63, 3.8) is 0 Å². The van der Waals surface area contributed by atoms with Crippen LogP contribution in [-0.2, 0) is 0 Å². The third-order valence-corrected chi connectivity index (χ3v) is 5.47. The number of hydrogen-bond donors (Lipinski definition) is 3. The molecule has 5 aromatic rings. The number of nitrogens with two attached hydrogens (primary N) is 1. The minimum Gasteiger partial charge on any atom is -0.421 e. The Kier molecular flexibility index (Phi) is 5.02. The van der Waals surface area contributed by atoms with Crippen molar-refractivity contribution in [2.75, 3.05) is 11.1 Å². The molecule has 0 fully saturated rings. The van der Waals surface area contributed by atoms with Gasteiger partial charge in [-0.05, 0) is 24.4 Å². The molecule has 4 N–H and O–H groups in total. The number of aryl methyl sites for hydroxylation is 1. The van der Waals surface area contributed by atoms with Crippen molar-refractivity contribution in [2.45, 2.75) is 19.9 Å². The van der Waals surface area contributed by atoms with Gasteiger partial charge in [0.2, 0.25) is 5.89 Å². The smallest absolute Gasteiger partial charge is 0.266 e. The van der Waals surface area contributed by atoms with E-state index in [0.29, 0.717) is 44.6 Å². The van der Waals surface area contributed by atoms with E-state index in [1.807, 2.05) is 19.1 Å². The number of halogens is 1. The van der Waals surface area contributed by atoms with E-state index < -0.39 is 6.04 Å². The number of hydrogen-bond acceptors (Lipinski definition) is 9. The molecular formula is C21H18ClN9O2. The van der Waals surface area contributed by atoms with Gasteiger partial charge in [0.1, 0.15) is 23.5 Å². The molecule has 0 saturated heterocycles. The molecule has 0 unspecified atom stereocenters. The summed E-state index contributed by atoms with van der Waals surface area (Å²) in [7, 11) is 0. The maximum atomic E-state index is 13.5. The zero-order valence-corrected chi connectivity index (χ0v) is 18.3. The van der Waals surface area contributed by atoms with Crippen molar-refractivity contribution in [1.29, 1.82) is 0 Å². The van der Waals surface area contributed by atoms with Gasteiger partial charge >= 0.3 is 0 Å². The van der Waals surface area contributed by atoms with Gasteiger partial charge in [-0.25, -0.2) is 9.97 Å². The molecule has 1 aromatic carbocycles. The highest BCUT2D eigenvalue weighted by Crippen LogP contribution is 2.32. The Morgan fingerprint density at radius 3 is 2.82 bits per heavy atom. The molecule has 33 heavy (non-hydrogen) atoms. The summed E-state index contributed by atoms with van der Waals surface area (Å²) in [5.74, 6) is 1.56. The average molecular weight is 464 g/mol. The maximum absolute atomic E-state index is 13.5. The minimum absolute atomic E-state index is 0.179. The van der Waals surface area contributed by atoms with Gasteiger partial charge in [-0.3, -0.25) is 14.5 Å². The van der Waals surface area contributed by atoms with Crippen LogP contribution in [-0.4, -0.2) is 34.9 Å². The van der Waals surface area contributed by atoms with Gasteiger partial charge in [-0.1, -0.05) is 23.7 Å². The van der Waals surface area contributed by atoms with Crippen LogP contribution in [0.25, 0.3) is 28.0 Å². The molecule has 166 valence electrons. The monoisotopic (exact) mass is 463 g/mol. The molecule has 0 aliphatic carbocycles. The predicted molar refractivity (Wildman–Crippen MR) is 123 cm³/mol. The number of rotatable bonds is 5. The van der Waals surface area contributed by atoms with E-state index in [1.165, 1.54) is 10.9 Å². The Morgan fingerprint density at radius 1 is 1.24 bits per heavy atom. The van der Waals surface area contributed by atoms with E-state index in [0.717, 1.165) is 0 Å². The van der Waals surface area contributed by atoms with E-state index >= 15 is 0 Å².